The van der Waals surface area contributed by atoms with E-state index in [4.69, 9.17) is 4.74 Å². The molecule has 0 radical (unpaired) electrons. The molecule has 0 aliphatic carbocycles. The Morgan fingerprint density at radius 3 is 2.25 bits per heavy atom. The fourth-order valence-corrected chi connectivity index (χ4v) is 1.96. The summed E-state index contributed by atoms with van der Waals surface area (Å²) in [5.41, 5.74) is 0. The Hall–Kier alpha value is -1.95. The Kier molecular flexibility index (Phi) is 6.49. The average molecular weight is 361 g/mol. The van der Waals surface area contributed by atoms with Gasteiger partial charge >= 0.3 is 24.0 Å². The van der Waals surface area contributed by atoms with E-state index in [1.165, 1.54) is 5.32 Å². The molecule has 5 atom stereocenters. The minimum absolute atomic E-state index is 0.675. The van der Waals surface area contributed by atoms with Crippen molar-refractivity contribution in [1.29, 1.82) is 0 Å². The molecule has 1 rings (SSSR count). The Bertz CT molecular complexity index is 498. The van der Waals surface area contributed by atoms with Gasteiger partial charge in [0.25, 0.3) is 0 Å². The summed E-state index contributed by atoms with van der Waals surface area (Å²) in [6.07, 6.45) is -13.3. The smallest absolute Gasteiger partial charge is 0.463 e. The molecule has 12 heteroatoms. The van der Waals surface area contributed by atoms with Crippen LogP contribution in [0.1, 0.15) is 13.8 Å². The summed E-state index contributed by atoms with van der Waals surface area (Å²) in [7, 11) is 0. The van der Waals surface area contributed by atoms with E-state index in [1.54, 1.807) is 0 Å². The van der Waals surface area contributed by atoms with E-state index in [9.17, 15) is 37.1 Å². The van der Waals surface area contributed by atoms with Crippen LogP contribution in [0, 0.1) is 0 Å². The first-order chi connectivity index (χ1) is 10.9. The fourth-order valence-electron chi connectivity index (χ4n) is 1.96. The molecule has 1 aliphatic heterocycles. The van der Waals surface area contributed by atoms with Crippen LogP contribution >= 0.6 is 0 Å². The van der Waals surface area contributed by atoms with Gasteiger partial charge in [-0.25, -0.2) is 4.39 Å². The number of rotatable bonds is 4. The van der Waals surface area contributed by atoms with Crippen molar-refractivity contribution < 1.29 is 51.3 Å². The molecule has 8 nitrogen and oxygen atoms in total. The maximum absolute atomic E-state index is 14.4. The van der Waals surface area contributed by atoms with Gasteiger partial charge < -0.3 is 24.6 Å². The third kappa shape index (κ3) is 5.30. The molecule has 0 aromatic carbocycles. The Morgan fingerprint density at radius 2 is 1.79 bits per heavy atom. The Labute approximate surface area is 133 Å². The minimum Gasteiger partial charge on any atom is -0.463 e. The van der Waals surface area contributed by atoms with E-state index in [1.807, 2.05) is 0 Å². The second-order valence-corrected chi connectivity index (χ2v) is 4.88. The van der Waals surface area contributed by atoms with Gasteiger partial charge in [-0.15, -0.1) is 0 Å². The maximum atomic E-state index is 14.4. The number of carbonyl (C=O) groups excluding carboxylic acids is 3. The number of alkyl halides is 4. The van der Waals surface area contributed by atoms with Crippen LogP contribution in [0.15, 0.2) is 0 Å². The van der Waals surface area contributed by atoms with Gasteiger partial charge in [0.15, 0.2) is 18.6 Å². The highest BCUT2D eigenvalue weighted by Crippen LogP contribution is 2.27. The third-order valence-electron chi connectivity index (χ3n) is 2.95. The van der Waals surface area contributed by atoms with Crippen LogP contribution < -0.4 is 5.32 Å². The van der Waals surface area contributed by atoms with Crippen LogP contribution in [-0.2, 0) is 28.6 Å². The summed E-state index contributed by atoms with van der Waals surface area (Å²) in [5.74, 6) is -4.33. The summed E-state index contributed by atoms with van der Waals surface area (Å²) >= 11 is 0. The molecule has 1 fully saturated rings. The second kappa shape index (κ2) is 7.75. The zero-order valence-electron chi connectivity index (χ0n) is 12.5. The highest BCUT2D eigenvalue weighted by Gasteiger charge is 2.51. The number of hydrogen-bond donors (Lipinski definition) is 2. The van der Waals surface area contributed by atoms with Crippen molar-refractivity contribution in [1.82, 2.24) is 5.32 Å². The lowest BCUT2D eigenvalue weighted by molar-refractivity contribution is -0.249. The van der Waals surface area contributed by atoms with Gasteiger partial charge in [-0.2, -0.15) is 13.2 Å². The molecule has 0 aromatic heterocycles. The summed E-state index contributed by atoms with van der Waals surface area (Å²) in [6.45, 7) is 1.20. The van der Waals surface area contributed by atoms with Crippen molar-refractivity contribution >= 4 is 17.8 Å². The van der Waals surface area contributed by atoms with E-state index in [0.717, 1.165) is 13.8 Å². The fraction of sp³-hybridized carbons (Fsp3) is 0.750. The van der Waals surface area contributed by atoms with Crippen LogP contribution in [0.5, 0.6) is 0 Å². The molecule has 2 N–H and O–H groups in total. The molecule has 1 amide bonds. The van der Waals surface area contributed by atoms with E-state index in [2.05, 4.69) is 9.47 Å². The summed E-state index contributed by atoms with van der Waals surface area (Å²) in [4.78, 5) is 32.7. The van der Waals surface area contributed by atoms with Crippen molar-refractivity contribution in [3.05, 3.63) is 0 Å². The normalized spacial score (nSPS) is 30.4. The topological polar surface area (TPSA) is 111 Å². The number of nitrogens with one attached hydrogen (secondary N) is 1. The van der Waals surface area contributed by atoms with Crippen molar-refractivity contribution in [3.8, 4) is 0 Å². The van der Waals surface area contributed by atoms with Gasteiger partial charge in [-0.05, 0) is 0 Å². The van der Waals surface area contributed by atoms with Crippen LogP contribution in [0.3, 0.4) is 0 Å². The number of aliphatic hydroxyl groups is 1. The van der Waals surface area contributed by atoms with Crippen molar-refractivity contribution in [2.24, 2.45) is 0 Å². The Morgan fingerprint density at radius 1 is 1.21 bits per heavy atom. The maximum Gasteiger partial charge on any atom is 0.471 e. The quantitative estimate of drug-likeness (QED) is 0.517. The predicted octanol–water partition coefficient (Wildman–Crippen LogP) is -0.416. The summed E-state index contributed by atoms with van der Waals surface area (Å²) < 4.78 is 65.1. The molecule has 1 saturated heterocycles. The van der Waals surface area contributed by atoms with Crippen LogP contribution in [0.4, 0.5) is 17.6 Å². The molecule has 0 aromatic rings. The lowest BCUT2D eigenvalue weighted by Gasteiger charge is -2.41. The van der Waals surface area contributed by atoms with Crippen LogP contribution in [0.25, 0.3) is 0 Å². The van der Waals surface area contributed by atoms with Gasteiger partial charge in [0, 0.05) is 13.8 Å². The molecule has 1 heterocycles. The molecule has 0 unspecified atom stereocenters. The van der Waals surface area contributed by atoms with Crippen LogP contribution in [0.2, 0.25) is 0 Å². The zero-order valence-corrected chi connectivity index (χ0v) is 12.5. The first kappa shape index (κ1) is 20.1. The number of esters is 2. The molecular weight excluding hydrogens is 346 g/mol. The van der Waals surface area contributed by atoms with Gasteiger partial charge in [0.05, 0.1) is 0 Å². The number of amides is 1. The van der Waals surface area contributed by atoms with Crippen molar-refractivity contribution in [3.63, 3.8) is 0 Å². The zero-order chi connectivity index (χ0) is 18.7. The lowest BCUT2D eigenvalue weighted by Crippen LogP contribution is -2.65. The highest BCUT2D eigenvalue weighted by molar-refractivity contribution is 5.82. The summed E-state index contributed by atoms with van der Waals surface area (Å²) in [6, 6.07) is -2.01. The molecular formula is C12H15F4NO7. The average Bonchev–Trinajstić information content (AvgIpc) is 2.42. The predicted molar refractivity (Wildman–Crippen MR) is 65.9 cm³/mol. The molecule has 138 valence electrons. The number of ether oxygens (including phenoxy) is 3. The van der Waals surface area contributed by atoms with E-state index in [0.29, 0.717) is 0 Å². The first-order valence-electron chi connectivity index (χ1n) is 6.59. The van der Waals surface area contributed by atoms with E-state index in [-0.39, 0.29) is 0 Å². The minimum atomic E-state index is -5.30. The molecule has 0 spiro atoms. The van der Waals surface area contributed by atoms with E-state index < -0.39 is 61.3 Å². The van der Waals surface area contributed by atoms with Crippen molar-refractivity contribution in [2.45, 2.75) is 50.7 Å². The molecule has 24 heavy (non-hydrogen) atoms. The lowest BCUT2D eigenvalue weighted by atomic mass is 9.97. The first-order valence-corrected chi connectivity index (χ1v) is 6.59. The second-order valence-electron chi connectivity index (χ2n) is 4.88. The van der Waals surface area contributed by atoms with Crippen LogP contribution in [-0.4, -0.2) is 66.4 Å². The van der Waals surface area contributed by atoms with Gasteiger partial charge in [0.2, 0.25) is 0 Å². The monoisotopic (exact) mass is 361 g/mol. The van der Waals surface area contributed by atoms with E-state index >= 15 is 0 Å². The van der Waals surface area contributed by atoms with Gasteiger partial charge in [0.1, 0.15) is 18.8 Å². The number of aliphatic hydroxyl groups excluding tert-OH is 1. The SMILES string of the molecule is CC(=O)OC[C@H]1O[C@H](O)[C@H](NC(=O)C(F)(F)F)[C@@H](OC(C)=O)[C@@H]1F. The summed E-state index contributed by atoms with van der Waals surface area (Å²) in [5, 5.41) is 11.0. The molecule has 0 bridgehead atoms. The number of halogens is 4. The molecule has 1 aliphatic rings. The number of hydrogen-bond acceptors (Lipinski definition) is 7. The van der Waals surface area contributed by atoms with Gasteiger partial charge in [-0.1, -0.05) is 0 Å². The Balaban J connectivity index is 2.95. The standard InChI is InChI=1S/C12H15F4NO7/c1-4(18)22-3-6-7(13)9(23-5(2)19)8(10(20)24-6)17-11(21)12(14,15)16/h6-10,20H,3H2,1-2H3,(H,17,21)/t6-,7-,8-,9+,10+/m1/s1. The van der Waals surface area contributed by atoms with Gasteiger partial charge in [-0.3, -0.25) is 14.4 Å². The third-order valence-corrected chi connectivity index (χ3v) is 2.95. The number of carbonyl (C=O) groups is 3. The molecule has 0 saturated carbocycles. The highest BCUT2D eigenvalue weighted by atomic mass is 19.4. The largest absolute Gasteiger partial charge is 0.471 e. The van der Waals surface area contributed by atoms with Crippen molar-refractivity contribution in [2.75, 3.05) is 6.61 Å².